The Bertz CT molecular complexity index is 622. The van der Waals surface area contributed by atoms with Crippen molar-refractivity contribution in [3.63, 3.8) is 0 Å². The van der Waals surface area contributed by atoms with Gasteiger partial charge < -0.3 is 10.6 Å². The van der Waals surface area contributed by atoms with Crippen LogP contribution in [0, 0.1) is 0 Å². The molecule has 0 radical (unpaired) electrons. The SMILES string of the molecule is CCCC1(C(=O)Nc2cccc(S(N)(=O)=O)c2)CCCN1. The molecule has 1 heterocycles. The highest BCUT2D eigenvalue weighted by atomic mass is 32.2. The Kier molecular flexibility index (Phi) is 4.65. The Labute approximate surface area is 125 Å². The first-order valence-electron chi connectivity index (χ1n) is 7.07. The summed E-state index contributed by atoms with van der Waals surface area (Å²) in [4.78, 5) is 12.5. The van der Waals surface area contributed by atoms with Gasteiger partial charge in [-0.15, -0.1) is 0 Å². The highest BCUT2D eigenvalue weighted by molar-refractivity contribution is 7.89. The molecule has 0 bridgehead atoms. The molecule has 1 saturated heterocycles. The summed E-state index contributed by atoms with van der Waals surface area (Å²) in [6.45, 7) is 2.86. The third-order valence-corrected chi connectivity index (χ3v) is 4.69. The van der Waals surface area contributed by atoms with Crippen LogP contribution >= 0.6 is 0 Å². The molecule has 7 heteroatoms. The third-order valence-electron chi connectivity index (χ3n) is 3.78. The zero-order chi connectivity index (χ0) is 15.5. The van der Waals surface area contributed by atoms with Crippen LogP contribution < -0.4 is 15.8 Å². The van der Waals surface area contributed by atoms with Crippen LogP contribution in [0.15, 0.2) is 29.2 Å². The summed E-state index contributed by atoms with van der Waals surface area (Å²) < 4.78 is 22.7. The molecule has 116 valence electrons. The summed E-state index contributed by atoms with van der Waals surface area (Å²) in [6.07, 6.45) is 3.41. The lowest BCUT2D eigenvalue weighted by molar-refractivity contribution is -0.122. The first kappa shape index (κ1) is 15.9. The van der Waals surface area contributed by atoms with E-state index in [1.165, 1.54) is 12.1 Å². The van der Waals surface area contributed by atoms with Crippen LogP contribution in [0.4, 0.5) is 5.69 Å². The smallest absolute Gasteiger partial charge is 0.244 e. The predicted molar refractivity (Wildman–Crippen MR) is 81.3 cm³/mol. The van der Waals surface area contributed by atoms with Crippen molar-refractivity contribution in [1.82, 2.24) is 5.32 Å². The lowest BCUT2D eigenvalue weighted by Gasteiger charge is -2.27. The maximum atomic E-state index is 12.5. The topological polar surface area (TPSA) is 101 Å². The maximum absolute atomic E-state index is 12.5. The number of carbonyl (C=O) groups excluding carboxylic acids is 1. The van der Waals surface area contributed by atoms with Gasteiger partial charge in [0.25, 0.3) is 0 Å². The fourth-order valence-corrected chi connectivity index (χ4v) is 3.31. The second-order valence-electron chi connectivity index (χ2n) is 5.39. The van der Waals surface area contributed by atoms with E-state index in [0.29, 0.717) is 5.69 Å². The van der Waals surface area contributed by atoms with E-state index in [1.54, 1.807) is 12.1 Å². The van der Waals surface area contributed by atoms with Crippen LogP contribution in [0.1, 0.15) is 32.6 Å². The van der Waals surface area contributed by atoms with E-state index >= 15 is 0 Å². The third kappa shape index (κ3) is 3.61. The fraction of sp³-hybridized carbons (Fsp3) is 0.500. The average Bonchev–Trinajstić information content (AvgIpc) is 2.88. The van der Waals surface area contributed by atoms with Gasteiger partial charge in [-0.1, -0.05) is 19.4 Å². The lowest BCUT2D eigenvalue weighted by atomic mass is 9.91. The number of nitrogens with one attached hydrogen (secondary N) is 2. The fourth-order valence-electron chi connectivity index (χ4n) is 2.76. The molecule has 21 heavy (non-hydrogen) atoms. The van der Waals surface area contributed by atoms with Crippen molar-refractivity contribution in [3.8, 4) is 0 Å². The van der Waals surface area contributed by atoms with Crippen molar-refractivity contribution >= 4 is 21.6 Å². The van der Waals surface area contributed by atoms with Crippen LogP contribution in [0.2, 0.25) is 0 Å². The highest BCUT2D eigenvalue weighted by Gasteiger charge is 2.39. The van der Waals surface area contributed by atoms with E-state index in [9.17, 15) is 13.2 Å². The van der Waals surface area contributed by atoms with Crippen molar-refractivity contribution in [2.24, 2.45) is 5.14 Å². The largest absolute Gasteiger partial charge is 0.324 e. The predicted octanol–water partition coefficient (Wildman–Crippen LogP) is 1.19. The van der Waals surface area contributed by atoms with Gasteiger partial charge in [0.05, 0.1) is 10.4 Å². The van der Waals surface area contributed by atoms with Crippen LogP contribution in [0.25, 0.3) is 0 Å². The van der Waals surface area contributed by atoms with Crippen LogP contribution in [0.5, 0.6) is 0 Å². The number of nitrogens with two attached hydrogens (primary N) is 1. The van der Waals surface area contributed by atoms with Gasteiger partial charge in [0.15, 0.2) is 0 Å². The van der Waals surface area contributed by atoms with Gasteiger partial charge >= 0.3 is 0 Å². The molecule has 1 aromatic carbocycles. The Morgan fingerprint density at radius 3 is 2.81 bits per heavy atom. The molecule has 1 aromatic rings. The zero-order valence-corrected chi connectivity index (χ0v) is 12.9. The molecule has 0 aromatic heterocycles. The van der Waals surface area contributed by atoms with E-state index in [0.717, 1.165) is 32.2 Å². The van der Waals surface area contributed by atoms with E-state index in [-0.39, 0.29) is 10.8 Å². The average molecular weight is 311 g/mol. The standard InChI is InChI=1S/C14H21N3O3S/c1-2-7-14(8-4-9-16-14)13(18)17-11-5-3-6-12(10-11)21(15,19)20/h3,5-6,10,16H,2,4,7-9H2,1H3,(H,17,18)(H2,15,19,20). The normalized spacial score (nSPS) is 22.2. The Hall–Kier alpha value is -1.44. The van der Waals surface area contributed by atoms with Gasteiger partial charge in [-0.05, 0) is 44.0 Å². The minimum atomic E-state index is -3.77. The monoisotopic (exact) mass is 311 g/mol. The summed E-state index contributed by atoms with van der Waals surface area (Å²) in [5.74, 6) is -0.117. The van der Waals surface area contributed by atoms with Crippen LogP contribution in [-0.2, 0) is 14.8 Å². The Balaban J connectivity index is 2.19. The number of carbonyl (C=O) groups is 1. The molecule has 0 aliphatic carbocycles. The first-order valence-corrected chi connectivity index (χ1v) is 8.61. The number of anilines is 1. The molecular formula is C14H21N3O3S. The highest BCUT2D eigenvalue weighted by Crippen LogP contribution is 2.26. The number of benzene rings is 1. The van der Waals surface area contributed by atoms with E-state index in [4.69, 9.17) is 5.14 Å². The summed E-state index contributed by atoms with van der Waals surface area (Å²) >= 11 is 0. The Morgan fingerprint density at radius 1 is 1.48 bits per heavy atom. The zero-order valence-electron chi connectivity index (χ0n) is 12.1. The molecule has 1 atom stereocenters. The maximum Gasteiger partial charge on any atom is 0.244 e. The van der Waals surface area contributed by atoms with Crippen molar-refractivity contribution in [2.75, 3.05) is 11.9 Å². The molecule has 1 unspecified atom stereocenters. The van der Waals surface area contributed by atoms with Gasteiger partial charge in [-0.2, -0.15) is 0 Å². The second kappa shape index (κ2) is 6.13. The number of rotatable bonds is 5. The molecule has 1 fully saturated rings. The van der Waals surface area contributed by atoms with Gasteiger partial charge in [0.2, 0.25) is 15.9 Å². The van der Waals surface area contributed by atoms with Gasteiger partial charge in [0.1, 0.15) is 0 Å². The molecule has 4 N–H and O–H groups in total. The van der Waals surface area contributed by atoms with Crippen molar-refractivity contribution in [1.29, 1.82) is 0 Å². The minimum absolute atomic E-state index is 0.00998. The number of amides is 1. The summed E-state index contributed by atoms with van der Waals surface area (Å²) in [6, 6.07) is 5.99. The van der Waals surface area contributed by atoms with E-state index < -0.39 is 15.6 Å². The number of sulfonamides is 1. The Morgan fingerprint density at radius 2 is 2.24 bits per heavy atom. The molecule has 1 amide bonds. The molecule has 2 rings (SSSR count). The van der Waals surface area contributed by atoms with E-state index in [1.807, 2.05) is 6.92 Å². The van der Waals surface area contributed by atoms with Crippen LogP contribution in [-0.4, -0.2) is 26.4 Å². The molecular weight excluding hydrogens is 290 g/mol. The van der Waals surface area contributed by atoms with Crippen molar-refractivity contribution in [3.05, 3.63) is 24.3 Å². The molecule has 1 aliphatic heterocycles. The minimum Gasteiger partial charge on any atom is -0.324 e. The molecule has 1 aliphatic rings. The van der Waals surface area contributed by atoms with Crippen LogP contribution in [0.3, 0.4) is 0 Å². The number of primary sulfonamides is 1. The quantitative estimate of drug-likeness (QED) is 0.760. The van der Waals surface area contributed by atoms with Gasteiger partial charge in [0, 0.05) is 5.69 Å². The van der Waals surface area contributed by atoms with Crippen molar-refractivity contribution in [2.45, 2.75) is 43.0 Å². The first-order chi connectivity index (χ1) is 9.87. The molecule has 0 saturated carbocycles. The second-order valence-corrected chi connectivity index (χ2v) is 6.95. The summed E-state index contributed by atoms with van der Waals surface area (Å²) in [5.41, 5.74) is -0.109. The van der Waals surface area contributed by atoms with E-state index in [2.05, 4.69) is 10.6 Å². The number of hydrogen-bond donors (Lipinski definition) is 3. The summed E-state index contributed by atoms with van der Waals surface area (Å²) in [7, 11) is -3.77. The lowest BCUT2D eigenvalue weighted by Crippen LogP contribution is -2.50. The molecule has 0 spiro atoms. The van der Waals surface area contributed by atoms with Gasteiger partial charge in [-0.3, -0.25) is 4.79 Å². The number of hydrogen-bond acceptors (Lipinski definition) is 4. The summed E-state index contributed by atoms with van der Waals surface area (Å²) in [5, 5.41) is 11.2. The molecule has 6 nitrogen and oxygen atoms in total. The van der Waals surface area contributed by atoms with Crippen molar-refractivity contribution < 1.29 is 13.2 Å². The van der Waals surface area contributed by atoms with Gasteiger partial charge in [-0.25, -0.2) is 13.6 Å².